The van der Waals surface area contributed by atoms with Gasteiger partial charge in [0.15, 0.2) is 0 Å². The zero-order chi connectivity index (χ0) is 22.6. The lowest BCUT2D eigenvalue weighted by Gasteiger charge is -2.28. The highest BCUT2D eigenvalue weighted by Gasteiger charge is 2.40. The van der Waals surface area contributed by atoms with Crippen molar-refractivity contribution in [1.82, 2.24) is 19.8 Å². The summed E-state index contributed by atoms with van der Waals surface area (Å²) < 4.78 is 34.3. The largest absolute Gasteiger partial charge is 0.492 e. The van der Waals surface area contributed by atoms with Gasteiger partial charge in [-0.25, -0.2) is 13.1 Å². The van der Waals surface area contributed by atoms with E-state index in [-0.39, 0.29) is 29.4 Å². The van der Waals surface area contributed by atoms with E-state index in [9.17, 15) is 13.2 Å². The first kappa shape index (κ1) is 22.0. The topological polar surface area (TPSA) is 102 Å². The number of hydrogen-bond acceptors (Lipinski definition) is 5. The van der Waals surface area contributed by atoms with Crippen LogP contribution >= 0.6 is 0 Å². The maximum atomic E-state index is 12.3. The molecule has 1 aliphatic heterocycles. The van der Waals surface area contributed by atoms with Gasteiger partial charge in [-0.15, -0.1) is 0 Å². The Hall–Kier alpha value is -3.17. The molecule has 0 bridgehead atoms. The van der Waals surface area contributed by atoms with Crippen LogP contribution in [-0.4, -0.2) is 43.8 Å². The van der Waals surface area contributed by atoms with E-state index in [1.165, 1.54) is 22.6 Å². The van der Waals surface area contributed by atoms with Crippen molar-refractivity contribution in [2.75, 3.05) is 19.7 Å². The van der Waals surface area contributed by atoms with E-state index in [1.807, 2.05) is 42.5 Å². The number of aryl methyl sites for hydroxylation is 1. The fraction of sp³-hybridized carbons (Fsp3) is 0.304. The number of carbonyl (C=O) groups excluding carboxylic acids is 1. The highest BCUT2D eigenvalue weighted by molar-refractivity contribution is 7.89. The third-order valence-electron chi connectivity index (χ3n) is 5.61. The molecule has 0 saturated carbocycles. The Balaban J connectivity index is 1.42. The number of amides is 1. The molecule has 1 saturated heterocycles. The van der Waals surface area contributed by atoms with E-state index >= 15 is 0 Å². The number of aromatic nitrogens is 2. The van der Waals surface area contributed by atoms with Crippen LogP contribution < -0.4 is 14.8 Å². The van der Waals surface area contributed by atoms with E-state index < -0.39 is 10.0 Å². The summed E-state index contributed by atoms with van der Waals surface area (Å²) in [4.78, 5) is 12.2. The molecule has 1 fully saturated rings. The SMILES string of the molecule is Cn1cc(S(=O)(=O)NCCOc2cccc(C3(Cc4ccccc4)CNC(=O)C3)c2)cn1. The van der Waals surface area contributed by atoms with Crippen molar-refractivity contribution < 1.29 is 17.9 Å². The summed E-state index contributed by atoms with van der Waals surface area (Å²) in [5.41, 5.74) is 1.84. The third-order valence-corrected chi connectivity index (χ3v) is 7.02. The van der Waals surface area contributed by atoms with Crippen molar-refractivity contribution >= 4 is 15.9 Å². The van der Waals surface area contributed by atoms with Crippen molar-refractivity contribution in [3.8, 4) is 5.75 Å². The monoisotopic (exact) mass is 454 g/mol. The average Bonchev–Trinajstić information content (AvgIpc) is 3.39. The van der Waals surface area contributed by atoms with Gasteiger partial charge in [-0.1, -0.05) is 42.5 Å². The molecule has 1 amide bonds. The minimum absolute atomic E-state index is 0.0389. The van der Waals surface area contributed by atoms with Crippen LogP contribution in [0.25, 0.3) is 0 Å². The Morgan fingerprint density at radius 1 is 1.19 bits per heavy atom. The van der Waals surface area contributed by atoms with Gasteiger partial charge in [-0.05, 0) is 29.7 Å². The molecule has 1 unspecified atom stereocenters. The molecule has 2 aromatic carbocycles. The van der Waals surface area contributed by atoms with Crippen LogP contribution in [0.1, 0.15) is 17.5 Å². The summed E-state index contributed by atoms with van der Waals surface area (Å²) in [7, 11) is -1.96. The van der Waals surface area contributed by atoms with Gasteiger partial charge in [-0.3, -0.25) is 9.48 Å². The van der Waals surface area contributed by atoms with Crippen molar-refractivity contribution in [3.05, 3.63) is 78.1 Å². The van der Waals surface area contributed by atoms with Crippen LogP contribution in [0.2, 0.25) is 0 Å². The Kier molecular flexibility index (Phi) is 6.29. The smallest absolute Gasteiger partial charge is 0.243 e. The van der Waals surface area contributed by atoms with E-state index in [2.05, 4.69) is 27.3 Å². The van der Waals surface area contributed by atoms with Crippen LogP contribution in [-0.2, 0) is 33.7 Å². The van der Waals surface area contributed by atoms with E-state index in [1.54, 1.807) is 7.05 Å². The highest BCUT2D eigenvalue weighted by Crippen LogP contribution is 2.36. The maximum Gasteiger partial charge on any atom is 0.243 e. The number of hydrogen-bond donors (Lipinski definition) is 2. The van der Waals surface area contributed by atoms with Gasteiger partial charge < -0.3 is 10.1 Å². The third kappa shape index (κ3) is 5.00. The molecule has 1 aliphatic rings. The molecule has 168 valence electrons. The lowest BCUT2D eigenvalue weighted by atomic mass is 9.75. The fourth-order valence-corrected chi connectivity index (χ4v) is 5.00. The lowest BCUT2D eigenvalue weighted by molar-refractivity contribution is -0.119. The predicted molar refractivity (Wildman–Crippen MR) is 120 cm³/mol. The summed E-state index contributed by atoms with van der Waals surface area (Å²) >= 11 is 0. The molecular weight excluding hydrogens is 428 g/mol. The zero-order valence-corrected chi connectivity index (χ0v) is 18.6. The van der Waals surface area contributed by atoms with Crippen molar-refractivity contribution in [3.63, 3.8) is 0 Å². The molecule has 9 heteroatoms. The second kappa shape index (κ2) is 9.13. The molecule has 3 aromatic rings. The number of ether oxygens (including phenoxy) is 1. The fourth-order valence-electron chi connectivity index (χ4n) is 4.00. The molecular formula is C23H26N4O4S. The number of carbonyl (C=O) groups is 1. The van der Waals surface area contributed by atoms with E-state index in [4.69, 9.17) is 4.74 Å². The molecule has 4 rings (SSSR count). The second-order valence-corrected chi connectivity index (χ2v) is 9.79. The Bertz CT molecular complexity index is 1190. The van der Waals surface area contributed by atoms with Gasteiger partial charge in [0.05, 0.1) is 6.20 Å². The van der Waals surface area contributed by atoms with Crippen molar-refractivity contribution in [1.29, 1.82) is 0 Å². The van der Waals surface area contributed by atoms with Crippen molar-refractivity contribution in [2.24, 2.45) is 7.05 Å². The van der Waals surface area contributed by atoms with Crippen LogP contribution in [0, 0.1) is 0 Å². The summed E-state index contributed by atoms with van der Waals surface area (Å²) in [5, 5.41) is 6.86. The second-order valence-electron chi connectivity index (χ2n) is 8.02. The number of benzene rings is 2. The predicted octanol–water partition coefficient (Wildman–Crippen LogP) is 1.78. The first-order chi connectivity index (χ1) is 15.4. The molecule has 8 nitrogen and oxygen atoms in total. The molecule has 0 radical (unpaired) electrons. The van der Waals surface area contributed by atoms with Crippen molar-refractivity contribution in [2.45, 2.75) is 23.2 Å². The van der Waals surface area contributed by atoms with E-state index in [0.717, 1.165) is 12.0 Å². The minimum atomic E-state index is -3.62. The van der Waals surface area contributed by atoms with Gasteiger partial charge in [0.1, 0.15) is 17.3 Å². The van der Waals surface area contributed by atoms with Crippen LogP contribution in [0.3, 0.4) is 0 Å². The lowest BCUT2D eigenvalue weighted by Crippen LogP contribution is -2.31. The molecule has 0 spiro atoms. The minimum Gasteiger partial charge on any atom is -0.492 e. The molecule has 2 heterocycles. The first-order valence-electron chi connectivity index (χ1n) is 10.4. The molecule has 0 aliphatic carbocycles. The number of nitrogens with zero attached hydrogens (tertiary/aromatic N) is 2. The quantitative estimate of drug-likeness (QED) is 0.480. The van der Waals surface area contributed by atoms with Crippen LogP contribution in [0.5, 0.6) is 5.75 Å². The highest BCUT2D eigenvalue weighted by atomic mass is 32.2. The first-order valence-corrected chi connectivity index (χ1v) is 11.9. The van der Waals surface area contributed by atoms with Crippen LogP contribution in [0.15, 0.2) is 71.9 Å². The van der Waals surface area contributed by atoms with Gasteiger partial charge in [0, 0.05) is 38.2 Å². The molecule has 32 heavy (non-hydrogen) atoms. The Morgan fingerprint density at radius 2 is 2.00 bits per heavy atom. The average molecular weight is 455 g/mol. The summed E-state index contributed by atoms with van der Waals surface area (Å²) in [6, 6.07) is 17.8. The van der Waals surface area contributed by atoms with Gasteiger partial charge in [0.25, 0.3) is 0 Å². The molecule has 1 aromatic heterocycles. The summed E-state index contributed by atoms with van der Waals surface area (Å²) in [6.07, 6.45) is 3.89. The van der Waals surface area contributed by atoms with Gasteiger partial charge in [0.2, 0.25) is 15.9 Å². The Morgan fingerprint density at radius 3 is 2.69 bits per heavy atom. The van der Waals surface area contributed by atoms with Crippen LogP contribution in [0.4, 0.5) is 0 Å². The summed E-state index contributed by atoms with van der Waals surface area (Å²) in [5.74, 6) is 0.673. The number of rotatable bonds is 9. The number of nitrogens with one attached hydrogen (secondary N) is 2. The van der Waals surface area contributed by atoms with E-state index in [0.29, 0.717) is 18.7 Å². The normalized spacial score (nSPS) is 18.5. The van der Waals surface area contributed by atoms with Gasteiger partial charge >= 0.3 is 0 Å². The molecule has 2 N–H and O–H groups in total. The zero-order valence-electron chi connectivity index (χ0n) is 17.8. The maximum absolute atomic E-state index is 12.3. The standard InChI is InChI=1S/C23H26N4O4S/c1-27-16-21(15-25-27)32(29,30)26-10-11-31-20-9-5-8-19(12-20)23(14-22(28)24-17-23)13-18-6-3-2-4-7-18/h2-9,12,15-16,26H,10-11,13-14,17H2,1H3,(H,24,28). The molecule has 1 atom stereocenters. The number of sulfonamides is 1. The Labute approximate surface area is 187 Å². The van der Waals surface area contributed by atoms with Gasteiger partial charge in [-0.2, -0.15) is 5.10 Å². The summed E-state index contributed by atoms with van der Waals surface area (Å²) in [6.45, 7) is 0.859.